The smallest absolute Gasteiger partial charge is 0.255 e. The predicted octanol–water partition coefficient (Wildman–Crippen LogP) is 3.92. The van der Waals surface area contributed by atoms with Crippen molar-refractivity contribution in [2.45, 2.75) is 31.9 Å². The summed E-state index contributed by atoms with van der Waals surface area (Å²) in [7, 11) is 0. The van der Waals surface area contributed by atoms with Crippen LogP contribution in [-0.2, 0) is 0 Å². The first kappa shape index (κ1) is 18.9. The fourth-order valence-corrected chi connectivity index (χ4v) is 2.52. The molecule has 3 N–H and O–H groups in total. The number of allylic oxidation sites excluding steroid dienone is 1. The van der Waals surface area contributed by atoms with Crippen LogP contribution in [0.25, 0.3) is 0 Å². The molecule has 0 fully saturated rings. The number of anilines is 1. The average Bonchev–Trinajstić information content (AvgIpc) is 2.65. The fourth-order valence-electron chi connectivity index (χ4n) is 2.52. The van der Waals surface area contributed by atoms with Crippen molar-refractivity contribution in [2.75, 3.05) is 11.9 Å². The summed E-state index contributed by atoms with van der Waals surface area (Å²) in [5, 5.41) is 16.2. The van der Waals surface area contributed by atoms with E-state index in [4.69, 9.17) is 0 Å². The van der Waals surface area contributed by atoms with Gasteiger partial charge in [0.05, 0.1) is 6.10 Å². The van der Waals surface area contributed by atoms with Crippen molar-refractivity contribution >= 4 is 11.6 Å². The summed E-state index contributed by atoms with van der Waals surface area (Å²) in [5.74, 6) is -0.127. The second kappa shape index (κ2) is 9.77. The summed E-state index contributed by atoms with van der Waals surface area (Å²) in [5.41, 5.74) is 2.44. The maximum atomic E-state index is 12.2. The minimum atomic E-state index is -0.388. The maximum absolute atomic E-state index is 12.2. The standard InChI is InChI=1S/C21H26N2O2/c1-3-4-13-20(24)15-22-16(2)18-11-8-12-19(14-18)23-21(25)17-9-6-5-7-10-17/h3,5-12,14,16,20,22,24H,1,4,13,15H2,2H3,(H,23,25). The van der Waals surface area contributed by atoms with E-state index in [0.29, 0.717) is 18.5 Å². The molecule has 2 unspecified atom stereocenters. The van der Waals surface area contributed by atoms with E-state index in [2.05, 4.69) is 17.2 Å². The summed E-state index contributed by atoms with van der Waals surface area (Å²) in [6.07, 6.45) is 2.93. The average molecular weight is 338 g/mol. The first-order valence-electron chi connectivity index (χ1n) is 8.59. The van der Waals surface area contributed by atoms with Gasteiger partial charge < -0.3 is 15.7 Å². The van der Waals surface area contributed by atoms with E-state index >= 15 is 0 Å². The molecule has 0 aliphatic carbocycles. The van der Waals surface area contributed by atoms with Crippen molar-refractivity contribution < 1.29 is 9.90 Å². The van der Waals surface area contributed by atoms with Gasteiger partial charge in [-0.3, -0.25) is 4.79 Å². The number of amides is 1. The minimum absolute atomic E-state index is 0.0759. The first-order valence-corrected chi connectivity index (χ1v) is 8.59. The van der Waals surface area contributed by atoms with Crippen LogP contribution < -0.4 is 10.6 Å². The third-order valence-electron chi connectivity index (χ3n) is 4.04. The molecule has 2 aromatic carbocycles. The Hall–Kier alpha value is -2.43. The first-order chi connectivity index (χ1) is 12.1. The number of carbonyl (C=O) groups is 1. The minimum Gasteiger partial charge on any atom is -0.392 e. The van der Waals surface area contributed by atoms with Crippen LogP contribution in [0.1, 0.15) is 41.7 Å². The normalized spacial score (nSPS) is 13.0. The fraction of sp³-hybridized carbons (Fsp3) is 0.286. The summed E-state index contributed by atoms with van der Waals surface area (Å²) in [6, 6.07) is 17.0. The summed E-state index contributed by atoms with van der Waals surface area (Å²) >= 11 is 0. The second-order valence-electron chi connectivity index (χ2n) is 6.10. The van der Waals surface area contributed by atoms with Crippen LogP contribution in [0.5, 0.6) is 0 Å². The van der Waals surface area contributed by atoms with E-state index in [0.717, 1.165) is 17.7 Å². The zero-order valence-corrected chi connectivity index (χ0v) is 14.6. The van der Waals surface area contributed by atoms with Gasteiger partial charge in [-0.05, 0) is 49.6 Å². The lowest BCUT2D eigenvalue weighted by Gasteiger charge is -2.18. The van der Waals surface area contributed by atoms with E-state index in [1.54, 1.807) is 12.1 Å². The molecule has 0 saturated heterocycles. The number of hydrogen-bond acceptors (Lipinski definition) is 3. The predicted molar refractivity (Wildman–Crippen MR) is 103 cm³/mol. The molecular weight excluding hydrogens is 312 g/mol. The van der Waals surface area contributed by atoms with Crippen molar-refractivity contribution in [1.29, 1.82) is 0 Å². The van der Waals surface area contributed by atoms with Gasteiger partial charge in [0.25, 0.3) is 5.91 Å². The van der Waals surface area contributed by atoms with Gasteiger partial charge in [-0.2, -0.15) is 0 Å². The SMILES string of the molecule is C=CCCC(O)CNC(C)c1cccc(NC(=O)c2ccccc2)c1. The van der Waals surface area contributed by atoms with Crippen molar-refractivity contribution in [2.24, 2.45) is 0 Å². The molecule has 2 aromatic rings. The number of nitrogens with one attached hydrogen (secondary N) is 2. The van der Waals surface area contributed by atoms with Gasteiger partial charge in [-0.15, -0.1) is 6.58 Å². The molecule has 132 valence electrons. The lowest BCUT2D eigenvalue weighted by Crippen LogP contribution is -2.29. The van der Waals surface area contributed by atoms with Gasteiger partial charge in [0.15, 0.2) is 0 Å². The lowest BCUT2D eigenvalue weighted by atomic mass is 10.1. The molecule has 1 amide bonds. The Balaban J connectivity index is 1.93. The second-order valence-corrected chi connectivity index (χ2v) is 6.10. The summed E-state index contributed by atoms with van der Waals surface area (Å²) in [6.45, 7) is 6.23. The number of aliphatic hydroxyl groups is 1. The molecule has 0 aliphatic rings. The molecule has 4 heteroatoms. The Labute approximate surface area is 149 Å². The van der Waals surface area contributed by atoms with Gasteiger partial charge in [0, 0.05) is 23.8 Å². The lowest BCUT2D eigenvalue weighted by molar-refractivity contribution is 0.102. The van der Waals surface area contributed by atoms with Crippen molar-refractivity contribution in [3.05, 3.63) is 78.4 Å². The number of benzene rings is 2. The molecular formula is C21H26N2O2. The molecule has 0 saturated carbocycles. The molecule has 0 aromatic heterocycles. The number of rotatable bonds is 9. The monoisotopic (exact) mass is 338 g/mol. The van der Waals surface area contributed by atoms with E-state index in [1.807, 2.05) is 55.5 Å². The highest BCUT2D eigenvalue weighted by atomic mass is 16.3. The summed E-state index contributed by atoms with van der Waals surface area (Å²) in [4.78, 5) is 12.2. The van der Waals surface area contributed by atoms with Crippen LogP contribution in [0.2, 0.25) is 0 Å². The Kier molecular flexibility index (Phi) is 7.38. The highest BCUT2D eigenvalue weighted by Gasteiger charge is 2.10. The zero-order chi connectivity index (χ0) is 18.1. The van der Waals surface area contributed by atoms with Crippen molar-refractivity contribution in [1.82, 2.24) is 5.32 Å². The molecule has 0 aliphatic heterocycles. The van der Waals surface area contributed by atoms with Crippen LogP contribution >= 0.6 is 0 Å². The number of carbonyl (C=O) groups excluding carboxylic acids is 1. The topological polar surface area (TPSA) is 61.4 Å². The zero-order valence-electron chi connectivity index (χ0n) is 14.6. The highest BCUT2D eigenvalue weighted by Crippen LogP contribution is 2.18. The maximum Gasteiger partial charge on any atom is 0.255 e. The number of aliphatic hydroxyl groups excluding tert-OH is 1. The third kappa shape index (κ3) is 6.18. The van der Waals surface area contributed by atoms with E-state index in [-0.39, 0.29) is 18.1 Å². The van der Waals surface area contributed by atoms with Gasteiger partial charge in [0.1, 0.15) is 0 Å². The largest absolute Gasteiger partial charge is 0.392 e. The van der Waals surface area contributed by atoms with Crippen molar-refractivity contribution in [3.8, 4) is 0 Å². The van der Waals surface area contributed by atoms with Crippen LogP contribution in [0.15, 0.2) is 67.3 Å². The third-order valence-corrected chi connectivity index (χ3v) is 4.04. The summed E-state index contributed by atoms with van der Waals surface area (Å²) < 4.78 is 0. The van der Waals surface area contributed by atoms with Gasteiger partial charge in [-0.1, -0.05) is 36.4 Å². The molecule has 0 spiro atoms. The Morgan fingerprint density at radius 2 is 1.96 bits per heavy atom. The Bertz CT molecular complexity index is 685. The van der Waals surface area contributed by atoms with Gasteiger partial charge in [0.2, 0.25) is 0 Å². The Morgan fingerprint density at radius 1 is 1.20 bits per heavy atom. The number of hydrogen-bond donors (Lipinski definition) is 3. The van der Waals surface area contributed by atoms with Crippen LogP contribution in [0.3, 0.4) is 0 Å². The Morgan fingerprint density at radius 3 is 2.68 bits per heavy atom. The van der Waals surface area contributed by atoms with E-state index < -0.39 is 0 Å². The van der Waals surface area contributed by atoms with Crippen LogP contribution in [0.4, 0.5) is 5.69 Å². The molecule has 25 heavy (non-hydrogen) atoms. The van der Waals surface area contributed by atoms with Gasteiger partial charge in [-0.25, -0.2) is 0 Å². The molecule has 2 rings (SSSR count). The van der Waals surface area contributed by atoms with Crippen molar-refractivity contribution in [3.63, 3.8) is 0 Å². The molecule has 0 radical (unpaired) electrons. The van der Waals surface area contributed by atoms with E-state index in [9.17, 15) is 9.90 Å². The molecule has 2 atom stereocenters. The van der Waals surface area contributed by atoms with E-state index in [1.165, 1.54) is 0 Å². The molecule has 0 bridgehead atoms. The highest BCUT2D eigenvalue weighted by molar-refractivity contribution is 6.04. The van der Waals surface area contributed by atoms with Crippen LogP contribution in [-0.4, -0.2) is 23.7 Å². The van der Waals surface area contributed by atoms with Gasteiger partial charge >= 0.3 is 0 Å². The van der Waals surface area contributed by atoms with Crippen LogP contribution in [0, 0.1) is 0 Å². The quantitative estimate of drug-likeness (QED) is 0.607. The molecule has 4 nitrogen and oxygen atoms in total. The molecule has 0 heterocycles.